The number of H-pyrrole nitrogens is 1. The minimum absolute atomic E-state index is 0.0114. The van der Waals surface area contributed by atoms with Crippen molar-refractivity contribution < 1.29 is 9.18 Å². The Morgan fingerprint density at radius 3 is 2.83 bits per heavy atom. The van der Waals surface area contributed by atoms with Gasteiger partial charge in [-0.1, -0.05) is 6.92 Å². The Bertz CT molecular complexity index is 1110. The first-order chi connectivity index (χ1) is 14.0. The molecule has 1 aliphatic rings. The van der Waals surface area contributed by atoms with Gasteiger partial charge in [-0.3, -0.25) is 5.10 Å². The zero-order chi connectivity index (χ0) is 20.5. The van der Waals surface area contributed by atoms with Crippen LogP contribution in [0.3, 0.4) is 0 Å². The minimum atomic E-state index is -0.624. The number of aromatic nitrogens is 4. The second-order valence-corrected chi connectivity index (χ2v) is 6.93. The molecular formula is C20H18FN7O. The van der Waals surface area contributed by atoms with Gasteiger partial charge >= 0.3 is 6.03 Å². The number of hydrogen-bond acceptors (Lipinski definition) is 5. The Hall–Kier alpha value is -3.80. The number of aromatic amines is 1. The number of fused-ring (bicyclic) bond motifs is 1. The summed E-state index contributed by atoms with van der Waals surface area (Å²) in [5, 5.41) is 19.2. The number of hydrogen-bond donors (Lipinski definition) is 2. The fraction of sp³-hybridized carbons (Fsp3) is 0.250. The van der Waals surface area contributed by atoms with Crippen molar-refractivity contribution in [2.75, 3.05) is 5.32 Å². The fourth-order valence-electron chi connectivity index (χ4n) is 3.49. The molecule has 0 aliphatic carbocycles. The average Bonchev–Trinajstić information content (AvgIpc) is 3.16. The Labute approximate surface area is 166 Å². The van der Waals surface area contributed by atoms with Crippen LogP contribution in [0, 0.1) is 17.1 Å². The van der Waals surface area contributed by atoms with Crippen molar-refractivity contribution in [3.05, 3.63) is 59.3 Å². The van der Waals surface area contributed by atoms with Crippen LogP contribution in [0.4, 0.5) is 14.9 Å². The first-order valence-electron chi connectivity index (χ1n) is 9.11. The summed E-state index contributed by atoms with van der Waals surface area (Å²) in [6.07, 6.45) is 3.29. The van der Waals surface area contributed by atoms with Crippen LogP contribution in [0.1, 0.15) is 36.6 Å². The van der Waals surface area contributed by atoms with Gasteiger partial charge in [-0.25, -0.2) is 19.2 Å². The summed E-state index contributed by atoms with van der Waals surface area (Å²) in [5.41, 5.74) is 2.68. The van der Waals surface area contributed by atoms with Crippen LogP contribution in [0.15, 0.2) is 36.7 Å². The van der Waals surface area contributed by atoms with Gasteiger partial charge in [-0.2, -0.15) is 10.4 Å². The van der Waals surface area contributed by atoms with Crippen molar-refractivity contribution in [2.24, 2.45) is 0 Å². The molecular weight excluding hydrogens is 373 g/mol. The molecule has 2 aromatic heterocycles. The van der Waals surface area contributed by atoms with Gasteiger partial charge in [0.05, 0.1) is 12.1 Å². The van der Waals surface area contributed by atoms with E-state index in [-0.39, 0.29) is 23.6 Å². The summed E-state index contributed by atoms with van der Waals surface area (Å²) in [5.74, 6) is -0.123. The minimum Gasteiger partial charge on any atom is -0.317 e. The van der Waals surface area contributed by atoms with Crippen LogP contribution < -0.4 is 5.32 Å². The van der Waals surface area contributed by atoms with E-state index in [1.165, 1.54) is 12.1 Å². The van der Waals surface area contributed by atoms with Gasteiger partial charge in [0.25, 0.3) is 0 Å². The van der Waals surface area contributed by atoms with Crippen molar-refractivity contribution >= 4 is 11.7 Å². The van der Waals surface area contributed by atoms with Gasteiger partial charge < -0.3 is 10.2 Å². The highest BCUT2D eigenvalue weighted by atomic mass is 19.1. The highest BCUT2D eigenvalue weighted by Gasteiger charge is 2.36. The van der Waals surface area contributed by atoms with Crippen molar-refractivity contribution in [3.63, 3.8) is 0 Å². The quantitative estimate of drug-likeness (QED) is 0.695. The molecule has 4 rings (SSSR count). The van der Waals surface area contributed by atoms with E-state index in [2.05, 4.69) is 25.5 Å². The normalized spacial score (nSPS) is 18.1. The molecule has 29 heavy (non-hydrogen) atoms. The van der Waals surface area contributed by atoms with E-state index in [0.717, 1.165) is 17.3 Å². The number of carbonyl (C=O) groups excluding carboxylic acids is 1. The molecule has 2 unspecified atom stereocenters. The first-order valence-corrected chi connectivity index (χ1v) is 9.11. The molecule has 2 N–H and O–H groups in total. The molecule has 1 aliphatic heterocycles. The van der Waals surface area contributed by atoms with Crippen molar-refractivity contribution in [1.29, 1.82) is 5.26 Å². The Morgan fingerprint density at radius 1 is 1.34 bits per heavy atom. The number of halogens is 1. The van der Waals surface area contributed by atoms with Crippen LogP contribution in [-0.4, -0.2) is 37.1 Å². The molecule has 0 fully saturated rings. The Balaban J connectivity index is 1.62. The summed E-state index contributed by atoms with van der Waals surface area (Å²) in [6, 6.07) is 6.96. The van der Waals surface area contributed by atoms with E-state index < -0.39 is 5.82 Å². The highest BCUT2D eigenvalue weighted by Crippen LogP contribution is 2.36. The number of nitrogens with one attached hydrogen (secondary N) is 2. The van der Waals surface area contributed by atoms with Crippen LogP contribution in [0.2, 0.25) is 0 Å². The van der Waals surface area contributed by atoms with Gasteiger partial charge in [0.2, 0.25) is 0 Å². The number of rotatable bonds is 2. The molecule has 8 nitrogen and oxygen atoms in total. The third-order valence-electron chi connectivity index (χ3n) is 5.27. The molecule has 0 saturated carbocycles. The highest BCUT2D eigenvalue weighted by molar-refractivity contribution is 5.90. The molecule has 1 aromatic carbocycles. The first kappa shape index (κ1) is 18.6. The molecule has 0 radical (unpaired) electrons. The summed E-state index contributed by atoms with van der Waals surface area (Å²) >= 11 is 0. The largest absolute Gasteiger partial charge is 0.322 e. The van der Waals surface area contributed by atoms with E-state index in [4.69, 9.17) is 5.26 Å². The van der Waals surface area contributed by atoms with Gasteiger partial charge in [0.15, 0.2) is 5.82 Å². The van der Waals surface area contributed by atoms with Crippen molar-refractivity contribution in [2.45, 2.75) is 32.4 Å². The molecule has 0 saturated heterocycles. The van der Waals surface area contributed by atoms with Gasteiger partial charge in [0.1, 0.15) is 17.6 Å². The van der Waals surface area contributed by atoms with Crippen LogP contribution in [0.25, 0.3) is 11.5 Å². The average molecular weight is 391 g/mol. The third-order valence-corrected chi connectivity index (χ3v) is 5.27. The smallest absolute Gasteiger partial charge is 0.317 e. The molecule has 2 amide bonds. The number of anilines is 1. The third kappa shape index (κ3) is 3.29. The summed E-state index contributed by atoms with van der Waals surface area (Å²) < 4.78 is 13.5. The SMILES string of the molecule is CC1c2[nH]nc(-c3ncccn3)c2CN(C(=O)Nc2ccc(F)c(C#N)c2)C1C. The van der Waals surface area contributed by atoms with E-state index in [1.54, 1.807) is 29.4 Å². The number of nitrogens with zero attached hydrogens (tertiary/aromatic N) is 5. The molecule has 3 aromatic rings. The lowest BCUT2D eigenvalue weighted by Crippen LogP contribution is -2.46. The predicted octanol–water partition coefficient (Wildman–Crippen LogP) is 3.42. The van der Waals surface area contributed by atoms with E-state index >= 15 is 0 Å². The number of urea groups is 1. The summed E-state index contributed by atoms with van der Waals surface area (Å²) in [4.78, 5) is 23.2. The standard InChI is InChI=1S/C20H18FN7O/c1-11-12(2)28(20(29)25-14-4-5-16(21)13(8-14)9-22)10-15-17(11)26-27-18(15)19-23-6-3-7-24-19/h3-8,11-12H,10H2,1-2H3,(H,25,29)(H,26,27). The summed E-state index contributed by atoms with van der Waals surface area (Å²) in [6.45, 7) is 4.30. The van der Waals surface area contributed by atoms with Crippen molar-refractivity contribution in [1.82, 2.24) is 25.1 Å². The Kier molecular flexibility index (Phi) is 4.68. The van der Waals surface area contributed by atoms with Crippen LogP contribution in [0.5, 0.6) is 0 Å². The van der Waals surface area contributed by atoms with Crippen LogP contribution >= 0.6 is 0 Å². The molecule has 146 valence electrons. The maximum Gasteiger partial charge on any atom is 0.322 e. The maximum atomic E-state index is 13.5. The molecule has 0 bridgehead atoms. The second kappa shape index (κ2) is 7.31. The Morgan fingerprint density at radius 2 is 2.10 bits per heavy atom. The number of nitriles is 1. The predicted molar refractivity (Wildman–Crippen MR) is 103 cm³/mol. The monoisotopic (exact) mass is 391 g/mol. The van der Waals surface area contributed by atoms with Gasteiger partial charge in [-0.05, 0) is 31.2 Å². The molecule has 0 spiro atoms. The lowest BCUT2D eigenvalue weighted by Gasteiger charge is -2.37. The van der Waals surface area contributed by atoms with E-state index in [0.29, 0.717) is 23.8 Å². The lowest BCUT2D eigenvalue weighted by atomic mass is 9.90. The fourth-order valence-corrected chi connectivity index (χ4v) is 3.49. The van der Waals surface area contributed by atoms with Gasteiger partial charge in [0, 0.05) is 41.3 Å². The zero-order valence-electron chi connectivity index (χ0n) is 15.8. The summed E-state index contributed by atoms with van der Waals surface area (Å²) in [7, 11) is 0. The molecule has 2 atom stereocenters. The van der Waals surface area contributed by atoms with Crippen LogP contribution in [-0.2, 0) is 6.54 Å². The van der Waals surface area contributed by atoms with E-state index in [1.807, 2.05) is 13.8 Å². The molecule has 3 heterocycles. The maximum absolute atomic E-state index is 13.5. The number of amides is 2. The number of carbonyl (C=O) groups is 1. The molecule has 9 heteroatoms. The lowest BCUT2D eigenvalue weighted by molar-refractivity contribution is 0.171. The van der Waals surface area contributed by atoms with Crippen molar-refractivity contribution in [3.8, 4) is 17.6 Å². The topological polar surface area (TPSA) is 111 Å². The van der Waals surface area contributed by atoms with Gasteiger partial charge in [-0.15, -0.1) is 0 Å². The second-order valence-electron chi connectivity index (χ2n) is 6.93. The number of benzene rings is 1. The zero-order valence-corrected chi connectivity index (χ0v) is 15.8. The van der Waals surface area contributed by atoms with E-state index in [9.17, 15) is 9.18 Å².